The van der Waals surface area contributed by atoms with Crippen LogP contribution in [0.5, 0.6) is 0 Å². The second-order valence-electron chi connectivity index (χ2n) is 8.14. The number of nitrogens with one attached hydrogen (secondary N) is 1. The molecule has 0 bridgehead atoms. The SMILES string of the molecule is Cc1ccc2c(c1)C(=O)N(CCC(=O)NCCCN1CCN(c3ncccn3)CC1)C2=O. The highest BCUT2D eigenvalue weighted by Crippen LogP contribution is 2.23. The molecule has 2 aromatic rings. The van der Waals surface area contributed by atoms with Crippen LogP contribution < -0.4 is 10.2 Å². The van der Waals surface area contributed by atoms with Gasteiger partial charge in [0.05, 0.1) is 11.1 Å². The first kappa shape index (κ1) is 21.9. The van der Waals surface area contributed by atoms with E-state index in [0.717, 1.165) is 50.7 Å². The molecule has 0 aliphatic carbocycles. The average molecular weight is 437 g/mol. The molecule has 1 aromatic carbocycles. The Morgan fingerprint density at radius 1 is 1.00 bits per heavy atom. The molecule has 3 heterocycles. The van der Waals surface area contributed by atoms with Crippen LogP contribution in [0.2, 0.25) is 0 Å². The lowest BCUT2D eigenvalue weighted by Crippen LogP contribution is -2.47. The molecule has 0 spiro atoms. The first-order chi connectivity index (χ1) is 15.5. The topological polar surface area (TPSA) is 98.7 Å². The number of hydrogen-bond donors (Lipinski definition) is 1. The summed E-state index contributed by atoms with van der Waals surface area (Å²) in [6.07, 6.45) is 4.47. The molecule has 2 aliphatic rings. The maximum Gasteiger partial charge on any atom is 0.261 e. The molecule has 9 heteroatoms. The van der Waals surface area contributed by atoms with Gasteiger partial charge in [-0.05, 0) is 38.1 Å². The summed E-state index contributed by atoms with van der Waals surface area (Å²) in [5.41, 5.74) is 1.77. The number of rotatable bonds is 8. The van der Waals surface area contributed by atoms with Gasteiger partial charge in [-0.15, -0.1) is 0 Å². The molecule has 9 nitrogen and oxygen atoms in total. The summed E-state index contributed by atoms with van der Waals surface area (Å²) in [6, 6.07) is 7.03. The zero-order chi connectivity index (χ0) is 22.5. The molecule has 2 aliphatic heterocycles. The fourth-order valence-electron chi connectivity index (χ4n) is 4.07. The molecule has 0 radical (unpaired) electrons. The predicted molar refractivity (Wildman–Crippen MR) is 119 cm³/mol. The number of fused-ring (bicyclic) bond motifs is 1. The number of hydrogen-bond acceptors (Lipinski definition) is 7. The number of aromatic nitrogens is 2. The molecule has 1 aromatic heterocycles. The van der Waals surface area contributed by atoms with Gasteiger partial charge in [0.15, 0.2) is 0 Å². The Balaban J connectivity index is 1.13. The van der Waals surface area contributed by atoms with Crippen molar-refractivity contribution in [2.45, 2.75) is 19.8 Å². The van der Waals surface area contributed by atoms with Gasteiger partial charge < -0.3 is 10.2 Å². The molecule has 0 unspecified atom stereocenters. The van der Waals surface area contributed by atoms with Gasteiger partial charge in [-0.3, -0.25) is 24.2 Å². The van der Waals surface area contributed by atoms with Gasteiger partial charge in [0, 0.05) is 58.1 Å². The zero-order valence-corrected chi connectivity index (χ0v) is 18.3. The second-order valence-corrected chi connectivity index (χ2v) is 8.14. The minimum Gasteiger partial charge on any atom is -0.356 e. The molecule has 0 saturated carbocycles. The van der Waals surface area contributed by atoms with Crippen molar-refractivity contribution in [3.63, 3.8) is 0 Å². The average Bonchev–Trinajstić information content (AvgIpc) is 3.05. The summed E-state index contributed by atoms with van der Waals surface area (Å²) >= 11 is 0. The lowest BCUT2D eigenvalue weighted by molar-refractivity contribution is -0.121. The van der Waals surface area contributed by atoms with Crippen LogP contribution in [0.25, 0.3) is 0 Å². The molecule has 32 heavy (non-hydrogen) atoms. The highest BCUT2D eigenvalue weighted by atomic mass is 16.2. The van der Waals surface area contributed by atoms with Crippen molar-refractivity contribution in [1.29, 1.82) is 0 Å². The second kappa shape index (κ2) is 9.86. The lowest BCUT2D eigenvalue weighted by atomic mass is 10.1. The lowest BCUT2D eigenvalue weighted by Gasteiger charge is -2.34. The number of anilines is 1. The number of benzene rings is 1. The minimum atomic E-state index is -0.321. The van der Waals surface area contributed by atoms with Crippen molar-refractivity contribution in [2.24, 2.45) is 0 Å². The third-order valence-corrected chi connectivity index (χ3v) is 5.87. The summed E-state index contributed by atoms with van der Waals surface area (Å²) < 4.78 is 0. The van der Waals surface area contributed by atoms with Crippen molar-refractivity contribution in [2.75, 3.05) is 50.7 Å². The number of carbonyl (C=O) groups excluding carboxylic acids is 3. The Bertz CT molecular complexity index is 988. The highest BCUT2D eigenvalue weighted by Gasteiger charge is 2.35. The first-order valence-corrected chi connectivity index (χ1v) is 11.0. The van der Waals surface area contributed by atoms with Crippen molar-refractivity contribution >= 4 is 23.7 Å². The number of imide groups is 1. The van der Waals surface area contributed by atoms with Gasteiger partial charge in [-0.2, -0.15) is 0 Å². The van der Waals surface area contributed by atoms with E-state index in [1.54, 1.807) is 24.5 Å². The maximum absolute atomic E-state index is 12.5. The number of nitrogens with zero attached hydrogens (tertiary/aromatic N) is 5. The summed E-state index contributed by atoms with van der Waals surface area (Å²) in [6.45, 7) is 7.10. The number of piperazine rings is 1. The molecule has 4 rings (SSSR count). The van der Waals surface area contributed by atoms with Crippen LogP contribution in [0.3, 0.4) is 0 Å². The van der Waals surface area contributed by atoms with E-state index in [4.69, 9.17) is 0 Å². The molecule has 3 amide bonds. The summed E-state index contributed by atoms with van der Waals surface area (Å²) in [4.78, 5) is 51.4. The third kappa shape index (κ3) is 4.94. The minimum absolute atomic E-state index is 0.0980. The zero-order valence-electron chi connectivity index (χ0n) is 18.3. The Morgan fingerprint density at radius 3 is 2.47 bits per heavy atom. The maximum atomic E-state index is 12.5. The standard InChI is InChI=1S/C23H28N6O3/c1-17-4-5-18-19(16-17)22(32)29(21(18)31)11-6-20(30)24-9-3-10-27-12-14-28(15-13-27)23-25-7-2-8-26-23/h2,4-5,7-8,16H,3,6,9-15H2,1H3,(H,24,30). The van der Waals surface area contributed by atoms with Gasteiger partial charge in [-0.25, -0.2) is 9.97 Å². The first-order valence-electron chi connectivity index (χ1n) is 11.0. The van der Waals surface area contributed by atoms with E-state index in [0.29, 0.717) is 17.7 Å². The van der Waals surface area contributed by atoms with E-state index in [1.165, 1.54) is 4.90 Å². The predicted octanol–water partition coefficient (Wildman–Crippen LogP) is 1.10. The van der Waals surface area contributed by atoms with Gasteiger partial charge >= 0.3 is 0 Å². The number of carbonyl (C=O) groups is 3. The van der Waals surface area contributed by atoms with Crippen LogP contribution in [0.4, 0.5) is 5.95 Å². The third-order valence-electron chi connectivity index (χ3n) is 5.87. The van der Waals surface area contributed by atoms with Crippen molar-refractivity contribution in [3.8, 4) is 0 Å². The van der Waals surface area contributed by atoms with E-state index in [-0.39, 0.29) is 30.7 Å². The number of amides is 3. The summed E-state index contributed by atoms with van der Waals surface area (Å²) in [7, 11) is 0. The molecular formula is C23H28N6O3. The van der Waals surface area contributed by atoms with E-state index in [9.17, 15) is 14.4 Å². The molecular weight excluding hydrogens is 408 g/mol. The van der Waals surface area contributed by atoms with Gasteiger partial charge in [0.1, 0.15) is 0 Å². The Morgan fingerprint density at radius 2 is 1.72 bits per heavy atom. The Kier molecular flexibility index (Phi) is 6.75. The van der Waals surface area contributed by atoms with Gasteiger partial charge in [0.2, 0.25) is 11.9 Å². The van der Waals surface area contributed by atoms with Crippen LogP contribution in [0.1, 0.15) is 39.1 Å². The van der Waals surface area contributed by atoms with Crippen LogP contribution in [-0.4, -0.2) is 83.3 Å². The van der Waals surface area contributed by atoms with Gasteiger partial charge in [0.25, 0.3) is 11.8 Å². The van der Waals surface area contributed by atoms with Crippen molar-refractivity contribution < 1.29 is 14.4 Å². The van der Waals surface area contributed by atoms with Crippen LogP contribution >= 0.6 is 0 Å². The largest absolute Gasteiger partial charge is 0.356 e. The normalized spacial score (nSPS) is 16.4. The van der Waals surface area contributed by atoms with E-state index < -0.39 is 0 Å². The molecule has 1 N–H and O–H groups in total. The summed E-state index contributed by atoms with van der Waals surface area (Å²) in [5.74, 6) is -0.0178. The van der Waals surface area contributed by atoms with E-state index in [1.807, 2.05) is 19.1 Å². The monoisotopic (exact) mass is 436 g/mol. The molecule has 1 saturated heterocycles. The fourth-order valence-corrected chi connectivity index (χ4v) is 4.07. The highest BCUT2D eigenvalue weighted by molar-refractivity contribution is 6.21. The fraction of sp³-hybridized carbons (Fsp3) is 0.435. The smallest absolute Gasteiger partial charge is 0.261 e. The van der Waals surface area contributed by atoms with E-state index >= 15 is 0 Å². The van der Waals surface area contributed by atoms with Crippen LogP contribution in [-0.2, 0) is 4.79 Å². The summed E-state index contributed by atoms with van der Waals surface area (Å²) in [5, 5.41) is 2.90. The van der Waals surface area contributed by atoms with Crippen molar-refractivity contribution in [3.05, 3.63) is 53.3 Å². The van der Waals surface area contributed by atoms with Crippen LogP contribution in [0, 0.1) is 6.92 Å². The molecule has 168 valence electrons. The van der Waals surface area contributed by atoms with E-state index in [2.05, 4.69) is 25.1 Å². The Hall–Kier alpha value is -3.33. The number of aryl methyl sites for hydroxylation is 1. The van der Waals surface area contributed by atoms with Crippen LogP contribution in [0.15, 0.2) is 36.7 Å². The quantitative estimate of drug-likeness (QED) is 0.489. The van der Waals surface area contributed by atoms with Crippen molar-refractivity contribution in [1.82, 2.24) is 25.1 Å². The Labute approximate surface area is 187 Å². The molecule has 1 fully saturated rings. The van der Waals surface area contributed by atoms with Gasteiger partial charge in [-0.1, -0.05) is 11.6 Å². The molecule has 0 atom stereocenters.